The summed E-state index contributed by atoms with van der Waals surface area (Å²) in [5.74, 6) is -1.68. The quantitative estimate of drug-likeness (QED) is 0.372. The molecule has 186 valence electrons. The van der Waals surface area contributed by atoms with Gasteiger partial charge in [-0.15, -0.1) is 11.3 Å². The number of aromatic carboxylic acids is 1. The lowest BCUT2D eigenvalue weighted by molar-refractivity contribution is -0.134. The molecule has 1 aliphatic rings. The van der Waals surface area contributed by atoms with Crippen molar-refractivity contribution >= 4 is 40.3 Å². The topological polar surface area (TPSA) is 147 Å². The zero-order chi connectivity index (χ0) is 25.8. The Morgan fingerprint density at radius 1 is 1.14 bits per heavy atom. The first-order chi connectivity index (χ1) is 17.3. The molecule has 1 saturated heterocycles. The Morgan fingerprint density at radius 2 is 1.81 bits per heavy atom. The normalized spacial score (nSPS) is 15.8. The second-order valence-corrected chi connectivity index (χ2v) is 8.63. The number of imide groups is 1. The first-order valence-electron chi connectivity index (χ1n) is 10.7. The third kappa shape index (κ3) is 5.13. The average molecular weight is 511 g/mol. The molecule has 0 saturated carbocycles. The fourth-order valence-electron chi connectivity index (χ4n) is 3.77. The van der Waals surface area contributed by atoms with Crippen LogP contribution in [0.4, 0.5) is 9.93 Å². The number of hydrogen-bond donors (Lipinski definition) is 3. The van der Waals surface area contributed by atoms with E-state index in [2.05, 4.69) is 15.6 Å². The smallest absolute Gasteiger partial charge is 0.355 e. The summed E-state index contributed by atoms with van der Waals surface area (Å²) in [6, 6.07) is 10.7. The number of ether oxygens (including phenoxy) is 2. The van der Waals surface area contributed by atoms with E-state index in [1.165, 1.54) is 19.6 Å². The van der Waals surface area contributed by atoms with Gasteiger partial charge in [0.2, 0.25) is 5.91 Å². The summed E-state index contributed by atoms with van der Waals surface area (Å²) < 4.78 is 10.5. The maximum Gasteiger partial charge on any atom is 0.355 e. The van der Waals surface area contributed by atoms with E-state index in [9.17, 15) is 19.2 Å². The molecule has 3 aromatic rings. The number of rotatable bonds is 9. The van der Waals surface area contributed by atoms with Gasteiger partial charge in [-0.1, -0.05) is 30.3 Å². The number of benzene rings is 2. The fraction of sp³-hybridized carbons (Fsp3) is 0.208. The largest absolute Gasteiger partial charge is 0.497 e. The van der Waals surface area contributed by atoms with Gasteiger partial charge in [0, 0.05) is 17.9 Å². The van der Waals surface area contributed by atoms with Crippen LogP contribution < -0.4 is 20.1 Å². The Balaban J connectivity index is 1.65. The van der Waals surface area contributed by atoms with Crippen molar-refractivity contribution in [1.82, 2.24) is 15.2 Å². The molecule has 0 aliphatic carbocycles. The monoisotopic (exact) mass is 510 g/mol. The van der Waals surface area contributed by atoms with Crippen LogP contribution >= 0.6 is 11.3 Å². The van der Waals surface area contributed by atoms with E-state index in [-0.39, 0.29) is 17.2 Å². The highest BCUT2D eigenvalue weighted by molar-refractivity contribution is 7.14. The Hall–Kier alpha value is -4.45. The summed E-state index contributed by atoms with van der Waals surface area (Å²) >= 11 is 0.924. The summed E-state index contributed by atoms with van der Waals surface area (Å²) in [5, 5.41) is 15.6. The highest BCUT2D eigenvalue weighted by Crippen LogP contribution is 2.31. The minimum Gasteiger partial charge on any atom is -0.497 e. The molecular formula is C24H22N4O7S. The number of anilines is 1. The van der Waals surface area contributed by atoms with E-state index in [4.69, 9.17) is 14.6 Å². The van der Waals surface area contributed by atoms with Crippen LogP contribution in [0.3, 0.4) is 0 Å². The van der Waals surface area contributed by atoms with Crippen LogP contribution in [0.5, 0.6) is 11.5 Å². The number of methoxy groups -OCH3 is 2. The van der Waals surface area contributed by atoms with Gasteiger partial charge in [0.25, 0.3) is 5.91 Å². The van der Waals surface area contributed by atoms with Crippen LogP contribution in [0.1, 0.15) is 27.7 Å². The van der Waals surface area contributed by atoms with Crippen LogP contribution in [0.15, 0.2) is 53.9 Å². The van der Waals surface area contributed by atoms with Gasteiger partial charge in [-0.3, -0.25) is 9.59 Å². The molecular weight excluding hydrogens is 488 g/mol. The molecule has 2 atom stereocenters. The van der Waals surface area contributed by atoms with Crippen LogP contribution in [0.2, 0.25) is 0 Å². The number of aromatic nitrogens is 1. The Bertz CT molecular complexity index is 1290. The summed E-state index contributed by atoms with van der Waals surface area (Å²) in [7, 11) is 2.93. The highest BCUT2D eigenvalue weighted by Gasteiger charge is 2.45. The summed E-state index contributed by atoms with van der Waals surface area (Å²) in [5.41, 5.74) is 0.920. The molecule has 1 fully saturated rings. The van der Waals surface area contributed by atoms with E-state index >= 15 is 0 Å². The molecule has 36 heavy (non-hydrogen) atoms. The van der Waals surface area contributed by atoms with E-state index in [1.54, 1.807) is 42.5 Å². The van der Waals surface area contributed by atoms with E-state index in [0.29, 0.717) is 17.1 Å². The van der Waals surface area contributed by atoms with Crippen molar-refractivity contribution in [3.63, 3.8) is 0 Å². The van der Waals surface area contributed by atoms with Crippen molar-refractivity contribution in [3.05, 3.63) is 70.7 Å². The number of nitrogens with zero attached hydrogens (tertiary/aromatic N) is 2. The average Bonchev–Trinajstić information content (AvgIpc) is 3.46. The van der Waals surface area contributed by atoms with Crippen molar-refractivity contribution in [1.29, 1.82) is 0 Å². The molecule has 4 rings (SSSR count). The maximum absolute atomic E-state index is 13.5. The molecule has 0 radical (unpaired) electrons. The Labute approximate surface area is 209 Å². The third-order valence-corrected chi connectivity index (χ3v) is 6.28. The van der Waals surface area contributed by atoms with Crippen LogP contribution in [-0.4, -0.2) is 59.1 Å². The Morgan fingerprint density at radius 3 is 2.39 bits per heavy atom. The number of carboxylic acids is 1. The number of amides is 4. The van der Waals surface area contributed by atoms with Crippen LogP contribution in [0.25, 0.3) is 0 Å². The van der Waals surface area contributed by atoms with E-state index in [1.807, 2.05) is 6.07 Å². The molecule has 2 unspecified atom stereocenters. The van der Waals surface area contributed by atoms with Gasteiger partial charge >= 0.3 is 12.0 Å². The molecule has 2 heterocycles. The number of urea groups is 1. The molecule has 4 amide bonds. The van der Waals surface area contributed by atoms with Gasteiger partial charge in [0.05, 0.1) is 14.2 Å². The van der Waals surface area contributed by atoms with Gasteiger partial charge in [-0.25, -0.2) is 19.5 Å². The standard InChI is InChI=1S/C24H22N4O7S/c1-34-15-9-14(10-16(11-15)35-2)19-21(30)28(24(33)26-19)18(8-13-6-4-3-5-7-13)20(29)27-23-25-17(12-36-23)22(31)32/h3-7,9-12,18-19H,8H2,1-2H3,(H,26,33)(H,31,32)(H,25,27,29). The van der Waals surface area contributed by atoms with Crippen molar-refractivity contribution in [3.8, 4) is 11.5 Å². The number of carboxylic acid groups (broad SMARTS) is 1. The molecule has 2 aromatic carbocycles. The minimum absolute atomic E-state index is 0.0385. The summed E-state index contributed by atoms with van der Waals surface area (Å²) in [4.78, 5) is 55.7. The number of thiazole rings is 1. The Kier molecular flexibility index (Phi) is 7.15. The SMILES string of the molecule is COc1cc(OC)cc(C2NC(=O)N(C(Cc3ccccc3)C(=O)Nc3nc(C(=O)O)cs3)C2=O)c1. The molecule has 0 bridgehead atoms. The highest BCUT2D eigenvalue weighted by atomic mass is 32.1. The van der Waals surface area contributed by atoms with Gasteiger partial charge in [0.15, 0.2) is 10.8 Å². The second-order valence-electron chi connectivity index (χ2n) is 7.77. The van der Waals surface area contributed by atoms with E-state index in [0.717, 1.165) is 21.8 Å². The molecule has 1 aliphatic heterocycles. The van der Waals surface area contributed by atoms with Crippen LogP contribution in [-0.2, 0) is 16.0 Å². The third-order valence-electron chi connectivity index (χ3n) is 5.52. The van der Waals surface area contributed by atoms with Gasteiger partial charge in [-0.05, 0) is 23.3 Å². The molecule has 12 heteroatoms. The zero-order valence-electron chi connectivity index (χ0n) is 19.3. The van der Waals surface area contributed by atoms with Crippen LogP contribution in [0, 0.1) is 0 Å². The maximum atomic E-state index is 13.5. The predicted molar refractivity (Wildman–Crippen MR) is 129 cm³/mol. The zero-order valence-corrected chi connectivity index (χ0v) is 20.1. The number of carbonyl (C=O) groups is 4. The second kappa shape index (κ2) is 10.4. The summed E-state index contributed by atoms with van der Waals surface area (Å²) in [6.07, 6.45) is 0.0388. The lowest BCUT2D eigenvalue weighted by atomic mass is 10.0. The fourth-order valence-corrected chi connectivity index (χ4v) is 4.46. The van der Waals surface area contributed by atoms with Gasteiger partial charge < -0.3 is 25.2 Å². The van der Waals surface area contributed by atoms with E-state index < -0.39 is 35.9 Å². The molecule has 1 aromatic heterocycles. The number of nitrogens with one attached hydrogen (secondary N) is 2. The summed E-state index contributed by atoms with van der Waals surface area (Å²) in [6.45, 7) is 0. The van der Waals surface area contributed by atoms with Crippen molar-refractivity contribution in [2.75, 3.05) is 19.5 Å². The lowest BCUT2D eigenvalue weighted by Gasteiger charge is -2.24. The first kappa shape index (κ1) is 24.7. The van der Waals surface area contributed by atoms with Crippen molar-refractivity contribution < 1.29 is 33.8 Å². The number of carbonyl (C=O) groups excluding carboxylic acids is 3. The van der Waals surface area contributed by atoms with Crippen molar-refractivity contribution in [2.45, 2.75) is 18.5 Å². The molecule has 11 nitrogen and oxygen atoms in total. The van der Waals surface area contributed by atoms with Crippen molar-refractivity contribution in [2.24, 2.45) is 0 Å². The number of hydrogen-bond acceptors (Lipinski definition) is 8. The molecule has 3 N–H and O–H groups in total. The van der Waals surface area contributed by atoms with Gasteiger partial charge in [0.1, 0.15) is 23.6 Å². The van der Waals surface area contributed by atoms with Gasteiger partial charge in [-0.2, -0.15) is 0 Å². The first-order valence-corrected chi connectivity index (χ1v) is 11.6. The minimum atomic E-state index is -1.24. The predicted octanol–water partition coefficient (Wildman–Crippen LogP) is 2.70. The lowest BCUT2D eigenvalue weighted by Crippen LogP contribution is -2.49. The molecule has 0 spiro atoms.